The number of nitrogens with one attached hydrogen (secondary N) is 1. The highest BCUT2D eigenvalue weighted by Gasteiger charge is 2.27. The molecular formula is C14H17N3OS. The highest BCUT2D eigenvalue weighted by atomic mass is 32.1. The topological polar surface area (TPSA) is 68.0 Å². The van der Waals surface area contributed by atoms with E-state index in [0.29, 0.717) is 0 Å². The minimum absolute atomic E-state index is 0.0638. The molecule has 100 valence electrons. The molecule has 3 rings (SSSR count). The van der Waals surface area contributed by atoms with Crippen molar-refractivity contribution in [3.8, 4) is 0 Å². The number of nitrogens with two attached hydrogens (primary N) is 1. The Kier molecular flexibility index (Phi) is 3.24. The van der Waals surface area contributed by atoms with Gasteiger partial charge in [-0.25, -0.2) is 4.98 Å². The Labute approximate surface area is 116 Å². The Morgan fingerprint density at radius 1 is 1.47 bits per heavy atom. The third-order valence-corrected chi connectivity index (χ3v) is 4.54. The zero-order valence-electron chi connectivity index (χ0n) is 10.8. The monoisotopic (exact) mass is 275 g/mol. The number of hydrogen-bond donors (Lipinski definition) is 2. The number of aromatic nitrogens is 1. The molecule has 1 aliphatic carbocycles. The first-order chi connectivity index (χ1) is 9.11. The largest absolute Gasteiger partial charge is 0.328 e. The number of benzene rings is 1. The molecule has 5 heteroatoms. The maximum atomic E-state index is 12.1. The quantitative estimate of drug-likeness (QED) is 0.885. The molecule has 1 aliphatic rings. The normalized spacial score (nSPS) is 22.8. The second-order valence-corrected chi connectivity index (χ2v) is 6.41. The first-order valence-electron chi connectivity index (χ1n) is 6.55. The molecule has 1 heterocycles. The number of thiazole rings is 1. The van der Waals surface area contributed by atoms with Gasteiger partial charge in [-0.05, 0) is 44.4 Å². The van der Waals surface area contributed by atoms with Crippen LogP contribution in [0.3, 0.4) is 0 Å². The third-order valence-electron chi connectivity index (χ3n) is 3.61. The van der Waals surface area contributed by atoms with Crippen molar-refractivity contribution in [3.05, 3.63) is 23.2 Å². The Bertz CT molecular complexity index is 622. The minimum atomic E-state index is 0.0638. The standard InChI is InChI=1S/C14H17N3OS/c1-8-16-12-5-4-11(7-13(12)19-8)17-14(18)9-2-3-10(15)6-9/h4-5,7,9-10H,2-3,6,15H2,1H3,(H,17,18). The van der Waals surface area contributed by atoms with E-state index in [-0.39, 0.29) is 17.9 Å². The molecule has 2 atom stereocenters. The van der Waals surface area contributed by atoms with Gasteiger partial charge in [0, 0.05) is 17.6 Å². The number of amides is 1. The van der Waals surface area contributed by atoms with Gasteiger partial charge < -0.3 is 11.1 Å². The summed E-state index contributed by atoms with van der Waals surface area (Å²) in [7, 11) is 0. The SMILES string of the molecule is Cc1nc2ccc(NC(=O)C3CCC(N)C3)cc2s1. The number of nitrogens with zero attached hydrogens (tertiary/aromatic N) is 1. The lowest BCUT2D eigenvalue weighted by Crippen LogP contribution is -2.23. The Morgan fingerprint density at radius 2 is 2.32 bits per heavy atom. The van der Waals surface area contributed by atoms with Crippen LogP contribution < -0.4 is 11.1 Å². The maximum Gasteiger partial charge on any atom is 0.227 e. The molecule has 2 unspecified atom stereocenters. The van der Waals surface area contributed by atoms with E-state index in [1.165, 1.54) is 0 Å². The summed E-state index contributed by atoms with van der Waals surface area (Å²) >= 11 is 1.64. The summed E-state index contributed by atoms with van der Waals surface area (Å²) < 4.78 is 1.11. The van der Waals surface area contributed by atoms with E-state index < -0.39 is 0 Å². The smallest absolute Gasteiger partial charge is 0.227 e. The zero-order valence-corrected chi connectivity index (χ0v) is 11.7. The molecule has 4 nitrogen and oxygen atoms in total. The predicted octanol–water partition coefficient (Wildman–Crippen LogP) is 2.67. The lowest BCUT2D eigenvalue weighted by molar-refractivity contribution is -0.119. The van der Waals surface area contributed by atoms with Crippen LogP contribution in [0.1, 0.15) is 24.3 Å². The fraction of sp³-hybridized carbons (Fsp3) is 0.429. The van der Waals surface area contributed by atoms with E-state index in [2.05, 4.69) is 10.3 Å². The summed E-state index contributed by atoms with van der Waals surface area (Å²) in [5.41, 5.74) is 7.68. The van der Waals surface area contributed by atoms with Crippen molar-refractivity contribution in [1.29, 1.82) is 0 Å². The molecule has 1 amide bonds. The second kappa shape index (κ2) is 4.90. The molecule has 19 heavy (non-hydrogen) atoms. The Hall–Kier alpha value is -1.46. The number of carbonyl (C=O) groups is 1. The van der Waals surface area contributed by atoms with Crippen molar-refractivity contribution >= 4 is 33.1 Å². The number of aryl methyl sites for hydroxylation is 1. The fourth-order valence-corrected chi connectivity index (χ4v) is 3.48. The highest BCUT2D eigenvalue weighted by molar-refractivity contribution is 7.18. The lowest BCUT2D eigenvalue weighted by Gasteiger charge is -2.10. The minimum Gasteiger partial charge on any atom is -0.328 e. The summed E-state index contributed by atoms with van der Waals surface area (Å²) in [5.74, 6) is 0.155. The van der Waals surface area contributed by atoms with Crippen LogP contribution in [0.5, 0.6) is 0 Å². The fourth-order valence-electron chi connectivity index (χ4n) is 2.62. The van der Waals surface area contributed by atoms with Gasteiger partial charge in [0.15, 0.2) is 0 Å². The molecule has 1 aromatic heterocycles. The second-order valence-electron chi connectivity index (χ2n) is 5.17. The number of fused-ring (bicyclic) bond motifs is 1. The Morgan fingerprint density at radius 3 is 3.05 bits per heavy atom. The van der Waals surface area contributed by atoms with Crippen LogP contribution in [0, 0.1) is 12.8 Å². The molecule has 0 radical (unpaired) electrons. The van der Waals surface area contributed by atoms with Crippen LogP contribution in [0.25, 0.3) is 10.2 Å². The molecule has 0 bridgehead atoms. The van der Waals surface area contributed by atoms with E-state index in [9.17, 15) is 4.79 Å². The van der Waals surface area contributed by atoms with Crippen LogP contribution in [-0.4, -0.2) is 16.9 Å². The first-order valence-corrected chi connectivity index (χ1v) is 7.37. The lowest BCUT2D eigenvalue weighted by atomic mass is 10.1. The van der Waals surface area contributed by atoms with Gasteiger partial charge in [-0.3, -0.25) is 4.79 Å². The molecule has 1 fully saturated rings. The third kappa shape index (κ3) is 2.62. The summed E-state index contributed by atoms with van der Waals surface area (Å²) in [6, 6.07) is 6.04. The van der Waals surface area contributed by atoms with Crippen molar-refractivity contribution in [1.82, 2.24) is 4.98 Å². The van der Waals surface area contributed by atoms with E-state index in [1.807, 2.05) is 25.1 Å². The zero-order chi connectivity index (χ0) is 13.4. The van der Waals surface area contributed by atoms with Crippen LogP contribution in [0.4, 0.5) is 5.69 Å². The summed E-state index contributed by atoms with van der Waals surface area (Å²) in [6.07, 6.45) is 2.65. The number of rotatable bonds is 2. The summed E-state index contributed by atoms with van der Waals surface area (Å²) in [6.45, 7) is 1.99. The van der Waals surface area contributed by atoms with Gasteiger partial charge in [0.2, 0.25) is 5.91 Å². The van der Waals surface area contributed by atoms with Crippen molar-refractivity contribution in [2.45, 2.75) is 32.2 Å². The number of hydrogen-bond acceptors (Lipinski definition) is 4. The average Bonchev–Trinajstić information content (AvgIpc) is 2.93. The molecule has 2 aromatic rings. The van der Waals surface area contributed by atoms with Gasteiger partial charge in [-0.15, -0.1) is 11.3 Å². The molecule has 0 saturated heterocycles. The van der Waals surface area contributed by atoms with Crippen LogP contribution in [-0.2, 0) is 4.79 Å². The molecule has 1 saturated carbocycles. The maximum absolute atomic E-state index is 12.1. The molecule has 3 N–H and O–H groups in total. The van der Waals surface area contributed by atoms with Crippen LogP contribution >= 0.6 is 11.3 Å². The first kappa shape index (κ1) is 12.6. The van der Waals surface area contributed by atoms with Gasteiger partial charge in [0.25, 0.3) is 0 Å². The number of carbonyl (C=O) groups excluding carboxylic acids is 1. The van der Waals surface area contributed by atoms with E-state index >= 15 is 0 Å². The van der Waals surface area contributed by atoms with E-state index in [1.54, 1.807) is 11.3 Å². The van der Waals surface area contributed by atoms with Crippen molar-refractivity contribution in [2.75, 3.05) is 5.32 Å². The number of anilines is 1. The van der Waals surface area contributed by atoms with Gasteiger partial charge in [-0.2, -0.15) is 0 Å². The average molecular weight is 275 g/mol. The highest BCUT2D eigenvalue weighted by Crippen LogP contribution is 2.28. The van der Waals surface area contributed by atoms with Gasteiger partial charge >= 0.3 is 0 Å². The van der Waals surface area contributed by atoms with Crippen LogP contribution in [0.15, 0.2) is 18.2 Å². The van der Waals surface area contributed by atoms with Gasteiger partial charge in [-0.1, -0.05) is 0 Å². The van der Waals surface area contributed by atoms with Crippen molar-refractivity contribution in [2.24, 2.45) is 11.7 Å². The van der Waals surface area contributed by atoms with Gasteiger partial charge in [0.1, 0.15) is 0 Å². The Balaban J connectivity index is 1.75. The molecule has 1 aromatic carbocycles. The van der Waals surface area contributed by atoms with Crippen LogP contribution in [0.2, 0.25) is 0 Å². The molecule has 0 aliphatic heterocycles. The predicted molar refractivity (Wildman–Crippen MR) is 78.3 cm³/mol. The van der Waals surface area contributed by atoms with Gasteiger partial charge in [0.05, 0.1) is 15.2 Å². The summed E-state index contributed by atoms with van der Waals surface area (Å²) in [4.78, 5) is 16.5. The van der Waals surface area contributed by atoms with Crippen molar-refractivity contribution < 1.29 is 4.79 Å². The van der Waals surface area contributed by atoms with Crippen molar-refractivity contribution in [3.63, 3.8) is 0 Å². The molecule has 0 spiro atoms. The molecular weight excluding hydrogens is 258 g/mol. The summed E-state index contributed by atoms with van der Waals surface area (Å²) in [5, 5.41) is 4.03. The van der Waals surface area contributed by atoms with E-state index in [0.717, 1.165) is 40.2 Å². The van der Waals surface area contributed by atoms with E-state index in [4.69, 9.17) is 5.73 Å².